The second kappa shape index (κ2) is 6.79. The topological polar surface area (TPSA) is 117 Å². The number of hydrogen-bond donors (Lipinski definition) is 2. The predicted molar refractivity (Wildman–Crippen MR) is 74.7 cm³/mol. The number of benzene rings is 1. The molecule has 8 nitrogen and oxygen atoms in total. The monoisotopic (exact) mass is 308 g/mol. The molecule has 0 spiro atoms. The highest BCUT2D eigenvalue weighted by molar-refractivity contribution is 5.98. The third kappa shape index (κ3) is 3.87. The fraction of sp³-hybridized carbons (Fsp3) is 0.357. The maximum atomic E-state index is 12.0. The lowest BCUT2D eigenvalue weighted by atomic mass is 10.2. The molecule has 118 valence electrons. The van der Waals surface area contributed by atoms with Crippen LogP contribution in [0.4, 0.5) is 4.79 Å². The number of carbonyl (C=O) groups is 3. The molecular formula is C14H16N2O6. The van der Waals surface area contributed by atoms with Crippen LogP contribution in [0.3, 0.4) is 0 Å². The Labute approximate surface area is 126 Å². The van der Waals surface area contributed by atoms with Gasteiger partial charge in [0.25, 0.3) is 5.91 Å². The van der Waals surface area contributed by atoms with Crippen LogP contribution in [0.15, 0.2) is 18.2 Å². The van der Waals surface area contributed by atoms with Crippen molar-refractivity contribution in [3.8, 4) is 11.5 Å². The largest absolute Gasteiger partial charge is 0.490 e. The number of fused-ring (bicyclic) bond motifs is 1. The van der Waals surface area contributed by atoms with Gasteiger partial charge in [-0.15, -0.1) is 0 Å². The predicted octanol–water partition coefficient (Wildman–Crippen LogP) is 0.588. The van der Waals surface area contributed by atoms with E-state index in [4.69, 9.17) is 19.9 Å². The van der Waals surface area contributed by atoms with Crippen LogP contribution < -0.4 is 20.5 Å². The van der Waals surface area contributed by atoms with E-state index in [2.05, 4.69) is 0 Å². The van der Waals surface area contributed by atoms with Crippen molar-refractivity contribution in [2.24, 2.45) is 5.73 Å². The van der Waals surface area contributed by atoms with Gasteiger partial charge in [0.2, 0.25) is 0 Å². The molecular weight excluding hydrogens is 292 g/mol. The molecule has 1 aliphatic heterocycles. The van der Waals surface area contributed by atoms with Gasteiger partial charge in [0.15, 0.2) is 17.6 Å². The van der Waals surface area contributed by atoms with Crippen LogP contribution in [0.5, 0.6) is 11.5 Å². The van der Waals surface area contributed by atoms with Crippen molar-refractivity contribution >= 4 is 17.9 Å². The van der Waals surface area contributed by atoms with Gasteiger partial charge in [-0.2, -0.15) is 0 Å². The van der Waals surface area contributed by atoms with E-state index in [1.807, 2.05) is 5.32 Å². The minimum Gasteiger partial charge on any atom is -0.490 e. The van der Waals surface area contributed by atoms with Gasteiger partial charge >= 0.3 is 12.0 Å². The minimum absolute atomic E-state index is 0.211. The second-order valence-electron chi connectivity index (χ2n) is 4.61. The fourth-order valence-electron chi connectivity index (χ4n) is 1.80. The van der Waals surface area contributed by atoms with Gasteiger partial charge in [0, 0.05) is 6.42 Å². The molecule has 1 aliphatic rings. The fourth-order valence-corrected chi connectivity index (χ4v) is 1.80. The Bertz CT molecular complexity index is 601. The summed E-state index contributed by atoms with van der Waals surface area (Å²) in [6.45, 7) is 2.36. The first-order chi connectivity index (χ1) is 10.5. The molecule has 1 atom stereocenters. The molecule has 3 N–H and O–H groups in total. The van der Waals surface area contributed by atoms with Crippen LogP contribution in [0.2, 0.25) is 0 Å². The number of rotatable bonds is 3. The molecule has 0 radical (unpaired) electrons. The van der Waals surface area contributed by atoms with Gasteiger partial charge in [0.1, 0.15) is 0 Å². The van der Waals surface area contributed by atoms with E-state index < -0.39 is 24.0 Å². The van der Waals surface area contributed by atoms with Crippen LogP contribution in [-0.4, -0.2) is 37.2 Å². The smallest absolute Gasteiger partial charge is 0.339 e. The molecule has 0 unspecified atom stereocenters. The number of imide groups is 1. The molecule has 0 saturated carbocycles. The van der Waals surface area contributed by atoms with Gasteiger partial charge < -0.3 is 19.9 Å². The van der Waals surface area contributed by atoms with Crippen molar-refractivity contribution in [1.29, 1.82) is 0 Å². The van der Waals surface area contributed by atoms with Crippen molar-refractivity contribution in [2.75, 3.05) is 13.2 Å². The average molecular weight is 308 g/mol. The number of nitrogens with one attached hydrogen (secondary N) is 1. The summed E-state index contributed by atoms with van der Waals surface area (Å²) in [5.41, 5.74) is 5.03. The summed E-state index contributed by atoms with van der Waals surface area (Å²) in [6.07, 6.45) is -0.408. The summed E-state index contributed by atoms with van der Waals surface area (Å²) in [7, 11) is 0. The molecule has 1 aromatic carbocycles. The van der Waals surface area contributed by atoms with Crippen LogP contribution in [0.25, 0.3) is 0 Å². The first-order valence-corrected chi connectivity index (χ1v) is 6.68. The van der Waals surface area contributed by atoms with Crippen molar-refractivity contribution in [3.63, 3.8) is 0 Å². The van der Waals surface area contributed by atoms with Crippen molar-refractivity contribution in [3.05, 3.63) is 23.8 Å². The molecule has 2 rings (SSSR count). The number of esters is 1. The Hall–Kier alpha value is -2.77. The summed E-state index contributed by atoms with van der Waals surface area (Å²) < 4.78 is 15.9. The molecule has 1 aromatic rings. The van der Waals surface area contributed by atoms with E-state index in [0.717, 1.165) is 6.42 Å². The molecule has 1 heterocycles. The minimum atomic E-state index is -1.16. The third-order valence-electron chi connectivity index (χ3n) is 2.88. The molecule has 0 aromatic heterocycles. The summed E-state index contributed by atoms with van der Waals surface area (Å²) in [4.78, 5) is 34.0. The van der Waals surface area contributed by atoms with Crippen molar-refractivity contribution in [2.45, 2.75) is 19.4 Å². The molecule has 22 heavy (non-hydrogen) atoms. The third-order valence-corrected chi connectivity index (χ3v) is 2.88. The number of primary amides is 1. The summed E-state index contributed by atoms with van der Waals surface area (Å²) in [5, 5.41) is 1.84. The standard InChI is InChI=1S/C14H16N2O6/c1-8(12(17)16-14(15)19)22-13(18)9-3-4-10-11(7-9)21-6-2-5-20-10/h3-4,7-8H,2,5-6H2,1H3,(H3,15,16,17,19)/t8-/m1/s1. The lowest BCUT2D eigenvalue weighted by Gasteiger charge is -2.13. The molecule has 3 amide bonds. The summed E-state index contributed by atoms with van der Waals surface area (Å²) >= 11 is 0. The number of urea groups is 1. The van der Waals surface area contributed by atoms with Gasteiger partial charge in [0.05, 0.1) is 18.8 Å². The lowest BCUT2D eigenvalue weighted by molar-refractivity contribution is -0.127. The average Bonchev–Trinajstić information content (AvgIpc) is 2.70. The van der Waals surface area contributed by atoms with Gasteiger partial charge in [-0.05, 0) is 25.1 Å². The van der Waals surface area contributed by atoms with Crippen LogP contribution in [-0.2, 0) is 9.53 Å². The number of carbonyl (C=O) groups excluding carboxylic acids is 3. The quantitative estimate of drug-likeness (QED) is 0.789. The first-order valence-electron chi connectivity index (χ1n) is 6.68. The Morgan fingerprint density at radius 1 is 1.23 bits per heavy atom. The van der Waals surface area contributed by atoms with Gasteiger partial charge in [-0.1, -0.05) is 0 Å². The van der Waals surface area contributed by atoms with E-state index in [1.54, 1.807) is 6.07 Å². The van der Waals surface area contributed by atoms with E-state index in [0.29, 0.717) is 24.7 Å². The number of amides is 3. The normalized spacial score (nSPS) is 14.4. The van der Waals surface area contributed by atoms with Gasteiger partial charge in [-0.25, -0.2) is 9.59 Å². The van der Waals surface area contributed by atoms with Crippen LogP contribution in [0, 0.1) is 0 Å². The maximum Gasteiger partial charge on any atom is 0.339 e. The highest BCUT2D eigenvalue weighted by atomic mass is 16.5. The van der Waals surface area contributed by atoms with E-state index in [-0.39, 0.29) is 5.56 Å². The number of ether oxygens (including phenoxy) is 3. The first kappa shape index (κ1) is 15.6. The Kier molecular flexibility index (Phi) is 4.82. The van der Waals surface area contributed by atoms with Crippen LogP contribution >= 0.6 is 0 Å². The Balaban J connectivity index is 2.05. The van der Waals surface area contributed by atoms with E-state index in [9.17, 15) is 14.4 Å². The highest BCUT2D eigenvalue weighted by Crippen LogP contribution is 2.30. The Morgan fingerprint density at radius 3 is 2.59 bits per heavy atom. The molecule has 0 saturated heterocycles. The summed E-state index contributed by atoms with van der Waals surface area (Å²) in [5.74, 6) is -0.521. The van der Waals surface area contributed by atoms with Gasteiger partial charge in [-0.3, -0.25) is 10.1 Å². The lowest BCUT2D eigenvalue weighted by Crippen LogP contribution is -2.42. The second-order valence-corrected chi connectivity index (χ2v) is 4.61. The Morgan fingerprint density at radius 2 is 1.91 bits per heavy atom. The molecule has 0 bridgehead atoms. The summed E-state index contributed by atoms with van der Waals surface area (Å²) in [6, 6.07) is 3.59. The highest BCUT2D eigenvalue weighted by Gasteiger charge is 2.21. The van der Waals surface area contributed by atoms with Crippen LogP contribution in [0.1, 0.15) is 23.7 Å². The molecule has 0 fully saturated rings. The number of nitrogens with two attached hydrogens (primary N) is 1. The zero-order valence-corrected chi connectivity index (χ0v) is 12.0. The van der Waals surface area contributed by atoms with Crippen molar-refractivity contribution < 1.29 is 28.6 Å². The van der Waals surface area contributed by atoms with E-state index in [1.165, 1.54) is 19.1 Å². The zero-order valence-electron chi connectivity index (χ0n) is 12.0. The zero-order chi connectivity index (χ0) is 16.1. The SMILES string of the molecule is C[C@@H](OC(=O)c1ccc2c(c1)OCCCO2)C(=O)NC(N)=O. The number of hydrogen-bond acceptors (Lipinski definition) is 6. The van der Waals surface area contributed by atoms with E-state index >= 15 is 0 Å². The molecule has 0 aliphatic carbocycles. The maximum absolute atomic E-state index is 12.0. The molecule has 8 heteroatoms. The van der Waals surface area contributed by atoms with Crippen molar-refractivity contribution in [1.82, 2.24) is 5.32 Å².